The first-order valence-electron chi connectivity index (χ1n) is 15.5. The summed E-state index contributed by atoms with van der Waals surface area (Å²) in [6.45, 7) is 3.49. The fourth-order valence-corrected chi connectivity index (χ4v) is 6.87. The van der Waals surface area contributed by atoms with Crippen LogP contribution in [0.25, 0.3) is 10.8 Å². The van der Waals surface area contributed by atoms with Crippen LogP contribution in [0, 0.1) is 11.7 Å². The number of rotatable bonds is 10. The van der Waals surface area contributed by atoms with Crippen molar-refractivity contribution in [2.45, 2.75) is 43.4 Å². The van der Waals surface area contributed by atoms with Crippen LogP contribution in [0.4, 0.5) is 29.1 Å². The first-order chi connectivity index (χ1) is 24.0. The molecule has 1 saturated heterocycles. The lowest BCUT2D eigenvalue weighted by atomic mass is 9.93. The molecule has 17 heteroatoms. The molecule has 3 atom stereocenters. The summed E-state index contributed by atoms with van der Waals surface area (Å²) >= 11 is 0. The van der Waals surface area contributed by atoms with Crippen LogP contribution in [0.1, 0.15) is 43.5 Å². The lowest BCUT2D eigenvalue weighted by Gasteiger charge is -2.32. The fourth-order valence-electron chi connectivity index (χ4n) is 5.72. The van der Waals surface area contributed by atoms with Gasteiger partial charge in [-0.3, -0.25) is 9.59 Å². The first kappa shape index (κ1) is 38.4. The molecule has 0 spiro atoms. The van der Waals surface area contributed by atoms with E-state index in [4.69, 9.17) is 20.4 Å². The minimum Gasteiger partial charge on any atom is -0.491 e. The van der Waals surface area contributed by atoms with Crippen molar-refractivity contribution in [1.29, 1.82) is 0 Å². The number of anilines is 2. The number of carbonyl (C=O) groups excluding carboxylic acids is 1. The molecule has 1 fully saturated rings. The van der Waals surface area contributed by atoms with Crippen molar-refractivity contribution >= 4 is 50.0 Å². The van der Waals surface area contributed by atoms with Crippen molar-refractivity contribution in [2.75, 3.05) is 30.0 Å². The van der Waals surface area contributed by atoms with Gasteiger partial charge in [0.2, 0.25) is 5.91 Å². The third-order valence-corrected chi connectivity index (χ3v) is 9.94. The number of nitrogens with zero attached hydrogens (tertiary/aromatic N) is 2. The molecule has 0 bridgehead atoms. The predicted molar refractivity (Wildman–Crippen MR) is 178 cm³/mol. The van der Waals surface area contributed by atoms with Gasteiger partial charge in [-0.25, -0.2) is 22.6 Å². The van der Waals surface area contributed by atoms with Gasteiger partial charge in [0.25, 0.3) is 0 Å². The Morgan fingerprint density at radius 2 is 1.75 bits per heavy atom. The van der Waals surface area contributed by atoms with Gasteiger partial charge in [-0.2, -0.15) is 13.2 Å². The van der Waals surface area contributed by atoms with Gasteiger partial charge < -0.3 is 30.9 Å². The number of alkyl halides is 3. The summed E-state index contributed by atoms with van der Waals surface area (Å²) in [5, 5.41) is 22.0. The number of hydrogen-bond acceptors (Lipinski definition) is 9. The maximum Gasteiger partial charge on any atom is 0.490 e. The van der Waals surface area contributed by atoms with Crippen molar-refractivity contribution in [2.24, 2.45) is 5.92 Å². The Bertz CT molecular complexity index is 2040. The van der Waals surface area contributed by atoms with Gasteiger partial charge in [0.1, 0.15) is 11.9 Å². The molecule has 5 N–H and O–H groups in total. The number of sulfone groups is 1. The van der Waals surface area contributed by atoms with Gasteiger partial charge in [-0.1, -0.05) is 31.2 Å². The van der Waals surface area contributed by atoms with Crippen molar-refractivity contribution in [1.82, 2.24) is 9.88 Å². The largest absolute Gasteiger partial charge is 0.491 e. The second-order valence-electron chi connectivity index (χ2n) is 11.3. The number of carboxylic acid groups (broad SMARTS) is 2. The number of nitrogens with two attached hydrogens (primary N) is 1. The predicted octanol–water partition coefficient (Wildman–Crippen LogP) is 5.61. The summed E-state index contributed by atoms with van der Waals surface area (Å²) in [6.07, 6.45) is -3.39. The highest BCUT2D eigenvalue weighted by molar-refractivity contribution is 7.91. The van der Waals surface area contributed by atoms with Crippen LogP contribution in [0.3, 0.4) is 0 Å². The maximum absolute atomic E-state index is 14.6. The van der Waals surface area contributed by atoms with Crippen LogP contribution in [0.15, 0.2) is 77.8 Å². The van der Waals surface area contributed by atoms with Crippen molar-refractivity contribution < 1.29 is 55.3 Å². The number of aromatic nitrogens is 1. The van der Waals surface area contributed by atoms with Gasteiger partial charge in [0.15, 0.2) is 21.4 Å². The average molecular weight is 735 g/mol. The average Bonchev–Trinajstić information content (AvgIpc) is 3.54. The quantitative estimate of drug-likeness (QED) is 0.148. The monoisotopic (exact) mass is 734 g/mol. The molecule has 51 heavy (non-hydrogen) atoms. The zero-order chi connectivity index (χ0) is 37.7. The van der Waals surface area contributed by atoms with E-state index in [1.807, 2.05) is 0 Å². The number of nitrogen functional groups attached to an aromatic ring is 1. The van der Waals surface area contributed by atoms with Crippen LogP contribution < -0.4 is 15.8 Å². The van der Waals surface area contributed by atoms with Crippen LogP contribution in [-0.4, -0.2) is 71.4 Å². The highest BCUT2D eigenvalue weighted by Gasteiger charge is 2.46. The number of amides is 1. The normalized spacial score (nSPS) is 16.5. The molecule has 1 aliphatic heterocycles. The number of benzene rings is 3. The van der Waals surface area contributed by atoms with Gasteiger partial charge >= 0.3 is 18.1 Å². The van der Waals surface area contributed by atoms with E-state index in [1.165, 1.54) is 36.1 Å². The van der Waals surface area contributed by atoms with Crippen molar-refractivity contribution in [3.63, 3.8) is 0 Å². The van der Waals surface area contributed by atoms with Crippen LogP contribution in [0.2, 0.25) is 0 Å². The van der Waals surface area contributed by atoms with Gasteiger partial charge in [0.05, 0.1) is 29.2 Å². The molecular formula is C34H34F4N4O8S. The molecule has 3 aromatic carbocycles. The number of aliphatic carboxylic acids is 2. The van der Waals surface area contributed by atoms with E-state index in [0.29, 0.717) is 17.1 Å². The molecule has 4 aromatic rings. The van der Waals surface area contributed by atoms with E-state index in [2.05, 4.69) is 10.3 Å². The lowest BCUT2D eigenvalue weighted by molar-refractivity contribution is -0.192. The minimum atomic E-state index is -5.08. The molecule has 1 aromatic heterocycles. The second kappa shape index (κ2) is 15.6. The second-order valence-corrected chi connectivity index (χ2v) is 13.5. The zero-order valence-electron chi connectivity index (χ0n) is 27.2. The molecular weight excluding hydrogens is 700 g/mol. The summed E-state index contributed by atoms with van der Waals surface area (Å²) in [6, 6.07) is 15.2. The summed E-state index contributed by atoms with van der Waals surface area (Å²) < 4.78 is 77.9. The molecule has 272 valence electrons. The van der Waals surface area contributed by atoms with Crippen LogP contribution in [-0.2, 0) is 24.2 Å². The zero-order valence-corrected chi connectivity index (χ0v) is 28.0. The fraction of sp³-hybridized carbons (Fsp3) is 0.294. The van der Waals surface area contributed by atoms with Gasteiger partial charge in [-0.15, -0.1) is 0 Å². The molecule has 0 radical (unpaired) electrons. The Morgan fingerprint density at radius 1 is 1.06 bits per heavy atom. The summed E-state index contributed by atoms with van der Waals surface area (Å²) in [4.78, 5) is 41.4. The summed E-state index contributed by atoms with van der Waals surface area (Å²) in [5.41, 5.74) is 7.18. The van der Waals surface area contributed by atoms with Gasteiger partial charge in [0, 0.05) is 23.8 Å². The van der Waals surface area contributed by atoms with E-state index >= 15 is 0 Å². The number of ether oxygens (including phenoxy) is 1. The number of likely N-dealkylation sites (tertiary alicyclic amines) is 1. The molecule has 0 unspecified atom stereocenters. The molecule has 0 saturated carbocycles. The highest BCUT2D eigenvalue weighted by Crippen LogP contribution is 2.42. The van der Waals surface area contributed by atoms with E-state index < -0.39 is 57.7 Å². The SMILES string of the molecule is CCOc1cc([C@@H](Nc2ccc3c(N)nccc3c2)C(=O)N2CC[C@H](C(=O)O)[C@@H]2c2ccccc2S(=O)(=O)CC)ccc1F.O=C(O)C(F)(F)F. The van der Waals surface area contributed by atoms with Crippen molar-refractivity contribution in [3.8, 4) is 5.75 Å². The lowest BCUT2D eigenvalue weighted by Crippen LogP contribution is -2.39. The molecule has 0 aliphatic carbocycles. The number of carbonyl (C=O) groups is 3. The summed E-state index contributed by atoms with van der Waals surface area (Å²) in [7, 11) is -3.75. The molecule has 5 rings (SSSR count). The number of halogens is 4. The number of fused-ring (bicyclic) bond motifs is 1. The third-order valence-electron chi connectivity index (χ3n) is 8.14. The Labute approximate surface area is 289 Å². The van der Waals surface area contributed by atoms with Crippen LogP contribution in [0.5, 0.6) is 5.75 Å². The van der Waals surface area contributed by atoms with Crippen molar-refractivity contribution in [3.05, 3.63) is 89.9 Å². The number of nitrogens with one attached hydrogen (secondary N) is 1. The topological polar surface area (TPSA) is 189 Å². The third kappa shape index (κ3) is 8.65. The molecule has 2 heterocycles. The number of carboxylic acids is 2. The van der Waals surface area contributed by atoms with Gasteiger partial charge in [-0.05, 0) is 72.3 Å². The summed E-state index contributed by atoms with van der Waals surface area (Å²) in [5.74, 6) is -5.93. The highest BCUT2D eigenvalue weighted by atomic mass is 32.2. The van der Waals surface area contributed by atoms with E-state index in [1.54, 1.807) is 55.6 Å². The maximum atomic E-state index is 14.6. The Hall–Kier alpha value is -5.45. The molecule has 12 nitrogen and oxygen atoms in total. The van der Waals surface area contributed by atoms with E-state index in [-0.39, 0.29) is 41.5 Å². The smallest absolute Gasteiger partial charge is 0.490 e. The van der Waals surface area contributed by atoms with Crippen LogP contribution >= 0.6 is 0 Å². The molecule has 1 aliphatic rings. The first-order valence-corrected chi connectivity index (χ1v) is 17.1. The number of hydrogen-bond donors (Lipinski definition) is 4. The number of pyridine rings is 1. The minimum absolute atomic E-state index is 0.0101. The molecule has 1 amide bonds. The Balaban J connectivity index is 0.000000755. The Morgan fingerprint density at radius 3 is 2.37 bits per heavy atom. The standard InChI is InChI=1S/C32H33FN4O6S.C2HF3O2/c1-3-43-26-18-20(9-12-25(26)33)28(36-21-10-11-22-19(17-21)13-15-35-30(22)34)31(38)37-16-14-24(32(39)40)29(37)23-7-5-6-8-27(23)44(41,42)4-2;3-2(4,5)1(6)7/h5-13,15,17-18,24,28-29,36H,3-4,14,16H2,1-2H3,(H2,34,35)(H,39,40);(H,6,7)/t24-,28+,29-;/m0./s1. The Kier molecular flexibility index (Phi) is 11.7. The van der Waals surface area contributed by atoms with E-state index in [9.17, 15) is 40.7 Å². The van der Waals surface area contributed by atoms with E-state index in [0.717, 1.165) is 10.8 Å².